The number of esters is 1. The summed E-state index contributed by atoms with van der Waals surface area (Å²) in [7, 11) is 1.73. The van der Waals surface area contributed by atoms with Crippen LogP contribution in [0.25, 0.3) is 0 Å². The lowest BCUT2D eigenvalue weighted by molar-refractivity contribution is -0.170. The minimum absolute atomic E-state index is 0.0385. The van der Waals surface area contributed by atoms with Crippen LogP contribution in [0.15, 0.2) is 0 Å². The van der Waals surface area contributed by atoms with Crippen LogP contribution in [-0.2, 0) is 14.3 Å². The first-order valence-electron chi connectivity index (χ1n) is 8.91. The molecule has 3 nitrogen and oxygen atoms in total. The summed E-state index contributed by atoms with van der Waals surface area (Å²) in [6, 6.07) is 0. The molecule has 21 heavy (non-hydrogen) atoms. The van der Waals surface area contributed by atoms with Gasteiger partial charge in [0.1, 0.15) is 0 Å². The first-order valence-corrected chi connectivity index (χ1v) is 8.91. The highest BCUT2D eigenvalue weighted by molar-refractivity contribution is 5.78. The molecule has 2 saturated carbocycles. The van der Waals surface area contributed by atoms with Crippen molar-refractivity contribution in [3.05, 3.63) is 0 Å². The Morgan fingerprint density at radius 2 is 1.57 bits per heavy atom. The summed E-state index contributed by atoms with van der Waals surface area (Å²) >= 11 is 0. The van der Waals surface area contributed by atoms with Gasteiger partial charge in [-0.2, -0.15) is 0 Å². The molecule has 0 radical (unpaired) electrons. The first kappa shape index (κ1) is 16.8. The zero-order valence-corrected chi connectivity index (χ0v) is 13.9. The standard InChI is InChI=1S/C18H32O3/c1-3-4-13-21-17(19)18(14-20-2,15-9-5-6-10-15)16-11-7-8-12-16/h15-16H,3-14H2,1-2H3. The smallest absolute Gasteiger partial charge is 0.314 e. The van der Waals surface area contributed by atoms with Gasteiger partial charge in [-0.15, -0.1) is 0 Å². The largest absolute Gasteiger partial charge is 0.465 e. The molecular weight excluding hydrogens is 264 g/mol. The van der Waals surface area contributed by atoms with Gasteiger partial charge in [0, 0.05) is 7.11 Å². The number of unbranched alkanes of at least 4 members (excludes halogenated alkanes) is 1. The van der Waals surface area contributed by atoms with E-state index in [1.165, 1.54) is 51.4 Å². The summed E-state index contributed by atoms with van der Waals surface area (Å²) in [5.74, 6) is 0.973. The van der Waals surface area contributed by atoms with Crippen LogP contribution in [0.5, 0.6) is 0 Å². The third kappa shape index (κ3) is 3.61. The van der Waals surface area contributed by atoms with Crippen LogP contribution >= 0.6 is 0 Å². The molecule has 0 aromatic rings. The van der Waals surface area contributed by atoms with Gasteiger partial charge >= 0.3 is 5.97 Å². The zero-order chi connectivity index (χ0) is 15.1. The van der Waals surface area contributed by atoms with Crippen LogP contribution in [0, 0.1) is 17.3 Å². The maximum Gasteiger partial charge on any atom is 0.314 e. The molecule has 0 bridgehead atoms. The zero-order valence-electron chi connectivity index (χ0n) is 13.9. The Hall–Kier alpha value is -0.570. The fraction of sp³-hybridized carbons (Fsp3) is 0.944. The van der Waals surface area contributed by atoms with Crippen molar-refractivity contribution in [1.82, 2.24) is 0 Å². The monoisotopic (exact) mass is 296 g/mol. The molecule has 2 fully saturated rings. The highest BCUT2D eigenvalue weighted by Gasteiger charge is 2.53. The molecule has 0 saturated heterocycles. The Balaban J connectivity index is 2.18. The van der Waals surface area contributed by atoms with E-state index in [2.05, 4.69) is 6.92 Å². The van der Waals surface area contributed by atoms with Crippen molar-refractivity contribution in [3.8, 4) is 0 Å². The molecule has 122 valence electrons. The highest BCUT2D eigenvalue weighted by Crippen LogP contribution is 2.51. The van der Waals surface area contributed by atoms with E-state index in [-0.39, 0.29) is 11.4 Å². The second kappa shape index (κ2) is 8.17. The van der Waals surface area contributed by atoms with E-state index in [0.29, 0.717) is 25.0 Å². The molecule has 0 spiro atoms. The van der Waals surface area contributed by atoms with E-state index in [1.54, 1.807) is 7.11 Å². The summed E-state index contributed by atoms with van der Waals surface area (Å²) in [6.07, 6.45) is 11.7. The van der Waals surface area contributed by atoms with Crippen molar-refractivity contribution >= 4 is 5.97 Å². The number of ether oxygens (including phenoxy) is 2. The number of hydrogen-bond acceptors (Lipinski definition) is 3. The van der Waals surface area contributed by atoms with Gasteiger partial charge in [0.25, 0.3) is 0 Å². The van der Waals surface area contributed by atoms with Gasteiger partial charge in [0.05, 0.1) is 18.6 Å². The summed E-state index contributed by atoms with van der Waals surface area (Å²) in [4.78, 5) is 13.0. The van der Waals surface area contributed by atoms with Crippen molar-refractivity contribution in [2.75, 3.05) is 20.3 Å². The second-order valence-electron chi connectivity index (χ2n) is 6.93. The number of methoxy groups -OCH3 is 1. The number of rotatable bonds is 8. The Morgan fingerprint density at radius 1 is 1.05 bits per heavy atom. The molecule has 0 aromatic carbocycles. The van der Waals surface area contributed by atoms with Gasteiger partial charge in [-0.1, -0.05) is 39.0 Å². The van der Waals surface area contributed by atoms with Crippen molar-refractivity contribution in [3.63, 3.8) is 0 Å². The molecule has 0 atom stereocenters. The average Bonchev–Trinajstić information content (AvgIpc) is 3.18. The van der Waals surface area contributed by atoms with Crippen LogP contribution < -0.4 is 0 Å². The fourth-order valence-corrected chi connectivity index (χ4v) is 4.53. The molecule has 0 unspecified atom stereocenters. The maximum absolute atomic E-state index is 13.0. The molecule has 0 aromatic heterocycles. The van der Waals surface area contributed by atoms with E-state index >= 15 is 0 Å². The predicted molar refractivity (Wildman–Crippen MR) is 84.1 cm³/mol. The molecule has 2 aliphatic rings. The summed E-state index contributed by atoms with van der Waals surface area (Å²) in [6.45, 7) is 3.25. The molecule has 0 heterocycles. The van der Waals surface area contributed by atoms with Crippen LogP contribution in [0.4, 0.5) is 0 Å². The van der Waals surface area contributed by atoms with Gasteiger partial charge in [-0.25, -0.2) is 0 Å². The van der Waals surface area contributed by atoms with E-state index in [1.807, 2.05) is 0 Å². The average molecular weight is 296 g/mol. The summed E-state index contributed by atoms with van der Waals surface area (Å²) in [5, 5.41) is 0. The van der Waals surface area contributed by atoms with E-state index in [0.717, 1.165) is 12.8 Å². The van der Waals surface area contributed by atoms with Crippen molar-refractivity contribution in [2.45, 2.75) is 71.1 Å². The van der Waals surface area contributed by atoms with Crippen LogP contribution in [0.2, 0.25) is 0 Å². The predicted octanol–water partition coefficient (Wildman–Crippen LogP) is 4.34. The topological polar surface area (TPSA) is 35.5 Å². The Bertz CT molecular complexity index is 298. The summed E-state index contributed by atoms with van der Waals surface area (Å²) in [5.41, 5.74) is -0.366. The quantitative estimate of drug-likeness (QED) is 0.493. The van der Waals surface area contributed by atoms with Gasteiger partial charge in [-0.3, -0.25) is 4.79 Å². The third-order valence-corrected chi connectivity index (χ3v) is 5.66. The molecule has 2 rings (SSSR count). The van der Waals surface area contributed by atoms with E-state index < -0.39 is 0 Å². The van der Waals surface area contributed by atoms with Crippen molar-refractivity contribution < 1.29 is 14.3 Å². The Kier molecular flexibility index (Phi) is 6.53. The second-order valence-corrected chi connectivity index (χ2v) is 6.93. The SMILES string of the molecule is CCCCOC(=O)C(COC)(C1CCCC1)C1CCCC1. The maximum atomic E-state index is 13.0. The molecule has 0 amide bonds. The van der Waals surface area contributed by atoms with Gasteiger partial charge in [-0.05, 0) is 43.9 Å². The first-order chi connectivity index (χ1) is 10.3. The van der Waals surface area contributed by atoms with E-state index in [9.17, 15) is 4.79 Å². The van der Waals surface area contributed by atoms with Crippen LogP contribution in [0.1, 0.15) is 71.1 Å². The third-order valence-electron chi connectivity index (χ3n) is 5.66. The minimum Gasteiger partial charge on any atom is -0.465 e. The van der Waals surface area contributed by atoms with Gasteiger partial charge in [0.2, 0.25) is 0 Å². The molecule has 3 heteroatoms. The van der Waals surface area contributed by atoms with Crippen LogP contribution in [-0.4, -0.2) is 26.3 Å². The highest BCUT2D eigenvalue weighted by atomic mass is 16.5. The van der Waals surface area contributed by atoms with E-state index in [4.69, 9.17) is 9.47 Å². The fourth-order valence-electron chi connectivity index (χ4n) is 4.53. The lowest BCUT2D eigenvalue weighted by Crippen LogP contribution is -2.48. The normalized spacial score (nSPS) is 21.0. The van der Waals surface area contributed by atoms with Crippen LogP contribution in [0.3, 0.4) is 0 Å². The van der Waals surface area contributed by atoms with Crippen molar-refractivity contribution in [1.29, 1.82) is 0 Å². The molecule has 0 N–H and O–H groups in total. The number of carbonyl (C=O) groups is 1. The Labute approximate surface area is 129 Å². The lowest BCUT2D eigenvalue weighted by atomic mass is 9.65. The minimum atomic E-state index is -0.366. The summed E-state index contributed by atoms with van der Waals surface area (Å²) < 4.78 is 11.3. The number of hydrogen-bond donors (Lipinski definition) is 0. The molecule has 2 aliphatic carbocycles. The van der Waals surface area contributed by atoms with Gasteiger partial charge < -0.3 is 9.47 Å². The number of carbonyl (C=O) groups excluding carboxylic acids is 1. The Morgan fingerprint density at radius 3 is 2.00 bits per heavy atom. The van der Waals surface area contributed by atoms with Gasteiger partial charge in [0.15, 0.2) is 0 Å². The molecular formula is C18H32O3. The molecule has 0 aliphatic heterocycles. The lowest BCUT2D eigenvalue weighted by Gasteiger charge is -2.41. The van der Waals surface area contributed by atoms with Crippen molar-refractivity contribution in [2.24, 2.45) is 17.3 Å².